The Hall–Kier alpha value is -1.39. The molecule has 0 saturated carbocycles. The van der Waals surface area contributed by atoms with Gasteiger partial charge in [0.1, 0.15) is 19.1 Å². The highest BCUT2D eigenvalue weighted by Crippen LogP contribution is 2.07. The summed E-state index contributed by atoms with van der Waals surface area (Å²) in [5.41, 5.74) is 0. The van der Waals surface area contributed by atoms with Crippen LogP contribution in [0.3, 0.4) is 0 Å². The van der Waals surface area contributed by atoms with Crippen molar-refractivity contribution in [2.75, 3.05) is 33.0 Å². The van der Waals surface area contributed by atoms with Crippen LogP contribution in [0.25, 0.3) is 0 Å². The van der Waals surface area contributed by atoms with Crippen molar-refractivity contribution in [3.05, 3.63) is 30.3 Å². The molecule has 1 rings (SSSR count). The van der Waals surface area contributed by atoms with Crippen LogP contribution in [-0.2, 0) is 14.3 Å². The zero-order valence-corrected chi connectivity index (χ0v) is 10.3. The SMILES string of the molecule is C=O.CCOCCOCCOc1ccccc1. The number of carbonyl (C=O) groups excluding carboxylic acids is 1. The maximum absolute atomic E-state index is 8.00. The van der Waals surface area contributed by atoms with Gasteiger partial charge in [-0.15, -0.1) is 0 Å². The minimum absolute atomic E-state index is 0.580. The molecule has 0 saturated heterocycles. The van der Waals surface area contributed by atoms with E-state index in [2.05, 4.69) is 0 Å². The average molecular weight is 240 g/mol. The van der Waals surface area contributed by atoms with Crippen LogP contribution in [0.5, 0.6) is 5.75 Å². The third-order valence-corrected chi connectivity index (χ3v) is 1.82. The summed E-state index contributed by atoms with van der Waals surface area (Å²) in [6.45, 7) is 7.17. The van der Waals surface area contributed by atoms with Gasteiger partial charge in [0, 0.05) is 6.61 Å². The predicted molar refractivity (Wildman–Crippen MR) is 66.4 cm³/mol. The minimum Gasteiger partial charge on any atom is -0.491 e. The quantitative estimate of drug-likeness (QED) is 0.651. The van der Waals surface area contributed by atoms with Crippen LogP contribution < -0.4 is 4.74 Å². The molecule has 1 aromatic carbocycles. The van der Waals surface area contributed by atoms with E-state index in [-0.39, 0.29) is 0 Å². The molecule has 4 nitrogen and oxygen atoms in total. The van der Waals surface area contributed by atoms with E-state index < -0.39 is 0 Å². The van der Waals surface area contributed by atoms with Crippen molar-refractivity contribution < 1.29 is 19.0 Å². The lowest BCUT2D eigenvalue weighted by molar-refractivity contribution is -0.0979. The normalized spacial score (nSPS) is 9.24. The summed E-state index contributed by atoms with van der Waals surface area (Å²) in [6, 6.07) is 9.72. The Morgan fingerprint density at radius 3 is 2.18 bits per heavy atom. The maximum Gasteiger partial charge on any atom is 0.119 e. The summed E-state index contributed by atoms with van der Waals surface area (Å²) in [6.07, 6.45) is 0. The molecule has 0 unspecified atom stereocenters. The van der Waals surface area contributed by atoms with Crippen molar-refractivity contribution in [2.24, 2.45) is 0 Å². The molecular weight excluding hydrogens is 220 g/mol. The standard InChI is InChI=1S/C12H18O3.CH2O/c1-2-13-8-9-14-10-11-15-12-6-4-3-5-7-12;1-2/h3-7H,2,8-11H2,1H3;1H2. The molecule has 0 aromatic heterocycles. The van der Waals surface area contributed by atoms with Crippen molar-refractivity contribution in [1.82, 2.24) is 0 Å². The summed E-state index contributed by atoms with van der Waals surface area (Å²) < 4.78 is 15.9. The van der Waals surface area contributed by atoms with Crippen molar-refractivity contribution in [3.63, 3.8) is 0 Å². The lowest BCUT2D eigenvalue weighted by Gasteiger charge is -2.06. The molecule has 4 heteroatoms. The summed E-state index contributed by atoms with van der Waals surface area (Å²) >= 11 is 0. The van der Waals surface area contributed by atoms with E-state index in [1.807, 2.05) is 44.0 Å². The van der Waals surface area contributed by atoms with Crippen LogP contribution in [0.2, 0.25) is 0 Å². The first-order valence-corrected chi connectivity index (χ1v) is 5.55. The van der Waals surface area contributed by atoms with E-state index in [0.29, 0.717) is 26.4 Å². The second-order valence-electron chi connectivity index (χ2n) is 2.97. The van der Waals surface area contributed by atoms with Gasteiger partial charge in [0.05, 0.1) is 19.8 Å². The number of carbonyl (C=O) groups is 1. The fraction of sp³-hybridized carbons (Fsp3) is 0.462. The smallest absolute Gasteiger partial charge is 0.119 e. The molecule has 0 N–H and O–H groups in total. The van der Waals surface area contributed by atoms with Crippen molar-refractivity contribution in [1.29, 1.82) is 0 Å². The van der Waals surface area contributed by atoms with Crippen LogP contribution in [0, 0.1) is 0 Å². The third-order valence-electron chi connectivity index (χ3n) is 1.82. The van der Waals surface area contributed by atoms with Crippen LogP contribution in [0.15, 0.2) is 30.3 Å². The number of rotatable bonds is 8. The fourth-order valence-electron chi connectivity index (χ4n) is 1.10. The third kappa shape index (κ3) is 9.53. The Labute approximate surface area is 102 Å². The summed E-state index contributed by atoms with van der Waals surface area (Å²) in [4.78, 5) is 8.00. The van der Waals surface area contributed by atoms with Gasteiger partial charge in [-0.25, -0.2) is 0 Å². The average Bonchev–Trinajstić information content (AvgIpc) is 2.41. The molecule has 0 atom stereocenters. The summed E-state index contributed by atoms with van der Waals surface area (Å²) in [5.74, 6) is 0.880. The molecule has 0 radical (unpaired) electrons. The van der Waals surface area contributed by atoms with Gasteiger partial charge in [0.25, 0.3) is 0 Å². The Balaban J connectivity index is 0.00000121. The van der Waals surface area contributed by atoms with Gasteiger partial charge in [0.2, 0.25) is 0 Å². The van der Waals surface area contributed by atoms with Gasteiger partial charge in [-0.2, -0.15) is 0 Å². The van der Waals surface area contributed by atoms with Gasteiger partial charge in [-0.1, -0.05) is 18.2 Å². The Kier molecular flexibility index (Phi) is 11.6. The molecule has 1 aromatic rings. The van der Waals surface area contributed by atoms with E-state index in [1.54, 1.807) is 0 Å². The Morgan fingerprint density at radius 1 is 0.941 bits per heavy atom. The van der Waals surface area contributed by atoms with E-state index in [4.69, 9.17) is 19.0 Å². The van der Waals surface area contributed by atoms with Gasteiger partial charge >= 0.3 is 0 Å². The molecule has 0 fully saturated rings. The first kappa shape index (κ1) is 15.6. The highest BCUT2D eigenvalue weighted by atomic mass is 16.5. The number of ether oxygens (including phenoxy) is 3. The fourth-order valence-corrected chi connectivity index (χ4v) is 1.10. The van der Waals surface area contributed by atoms with Crippen molar-refractivity contribution >= 4 is 6.79 Å². The van der Waals surface area contributed by atoms with Crippen LogP contribution in [-0.4, -0.2) is 39.8 Å². The van der Waals surface area contributed by atoms with Crippen LogP contribution >= 0.6 is 0 Å². The maximum atomic E-state index is 8.00. The minimum atomic E-state index is 0.580. The van der Waals surface area contributed by atoms with Gasteiger partial charge in [-0.05, 0) is 19.1 Å². The monoisotopic (exact) mass is 240 g/mol. The predicted octanol–water partition coefficient (Wildman–Crippen LogP) is 1.93. The molecule has 0 aliphatic heterocycles. The van der Waals surface area contributed by atoms with Gasteiger partial charge in [-0.3, -0.25) is 0 Å². The van der Waals surface area contributed by atoms with Gasteiger partial charge in [0.15, 0.2) is 0 Å². The molecule has 0 amide bonds. The molecule has 0 spiro atoms. The highest BCUT2D eigenvalue weighted by Gasteiger charge is 1.91. The van der Waals surface area contributed by atoms with Crippen LogP contribution in [0.1, 0.15) is 6.92 Å². The zero-order chi connectivity index (χ0) is 12.8. The molecule has 0 aliphatic carbocycles. The zero-order valence-electron chi connectivity index (χ0n) is 10.3. The lowest BCUT2D eigenvalue weighted by atomic mass is 10.3. The Morgan fingerprint density at radius 2 is 1.53 bits per heavy atom. The molecule has 0 aliphatic rings. The molecule has 17 heavy (non-hydrogen) atoms. The first-order chi connectivity index (χ1) is 8.43. The second kappa shape index (κ2) is 12.7. The topological polar surface area (TPSA) is 44.8 Å². The number of para-hydroxylation sites is 1. The van der Waals surface area contributed by atoms with E-state index in [0.717, 1.165) is 12.4 Å². The van der Waals surface area contributed by atoms with Gasteiger partial charge < -0.3 is 19.0 Å². The number of hydrogen-bond acceptors (Lipinski definition) is 4. The number of benzene rings is 1. The number of hydrogen-bond donors (Lipinski definition) is 0. The van der Waals surface area contributed by atoms with Crippen molar-refractivity contribution in [3.8, 4) is 5.75 Å². The second-order valence-corrected chi connectivity index (χ2v) is 2.97. The molecule has 0 bridgehead atoms. The molecule has 0 heterocycles. The lowest BCUT2D eigenvalue weighted by Crippen LogP contribution is -2.10. The highest BCUT2D eigenvalue weighted by molar-refractivity contribution is 5.20. The van der Waals surface area contributed by atoms with E-state index in [1.165, 1.54) is 0 Å². The molecule has 96 valence electrons. The van der Waals surface area contributed by atoms with Crippen LogP contribution in [0.4, 0.5) is 0 Å². The first-order valence-electron chi connectivity index (χ1n) is 5.55. The summed E-state index contributed by atoms with van der Waals surface area (Å²) in [7, 11) is 0. The molecular formula is C13H20O4. The Bertz CT molecular complexity index is 251. The van der Waals surface area contributed by atoms with E-state index >= 15 is 0 Å². The largest absolute Gasteiger partial charge is 0.491 e. The van der Waals surface area contributed by atoms with E-state index in [9.17, 15) is 0 Å². The van der Waals surface area contributed by atoms with Crippen molar-refractivity contribution in [2.45, 2.75) is 6.92 Å². The summed E-state index contributed by atoms with van der Waals surface area (Å²) in [5, 5.41) is 0.